The zero-order valence-electron chi connectivity index (χ0n) is 11.1. The summed E-state index contributed by atoms with van der Waals surface area (Å²) in [7, 11) is 0. The lowest BCUT2D eigenvalue weighted by Crippen LogP contribution is -2.32. The molecule has 100 valence electrons. The van der Waals surface area contributed by atoms with Crippen molar-refractivity contribution in [2.24, 2.45) is 17.3 Å². The highest BCUT2D eigenvalue weighted by molar-refractivity contribution is 5.97. The summed E-state index contributed by atoms with van der Waals surface area (Å²) in [6.45, 7) is 6.09. The number of aromatic carboxylic acids is 1. The van der Waals surface area contributed by atoms with E-state index in [9.17, 15) is 9.59 Å². The summed E-state index contributed by atoms with van der Waals surface area (Å²) in [6.07, 6.45) is 0. The summed E-state index contributed by atoms with van der Waals surface area (Å²) >= 11 is 0. The summed E-state index contributed by atoms with van der Waals surface area (Å²) < 4.78 is 0. The number of nitrogens with zero attached hydrogens (tertiary/aromatic N) is 1. The highest BCUT2D eigenvalue weighted by atomic mass is 16.4. The van der Waals surface area contributed by atoms with Gasteiger partial charge in [0, 0.05) is 18.7 Å². The van der Waals surface area contributed by atoms with Gasteiger partial charge in [0.15, 0.2) is 0 Å². The number of carboxylic acids is 1. The van der Waals surface area contributed by atoms with E-state index in [2.05, 4.69) is 13.8 Å². The minimum absolute atomic E-state index is 0.0499. The minimum atomic E-state index is -1.000. The third kappa shape index (κ3) is 1.82. The van der Waals surface area contributed by atoms with Gasteiger partial charge in [0.1, 0.15) is 0 Å². The van der Waals surface area contributed by atoms with Gasteiger partial charge in [-0.1, -0.05) is 19.9 Å². The number of fused-ring (bicyclic) bond motifs is 1. The molecule has 1 saturated carbocycles. The van der Waals surface area contributed by atoms with Gasteiger partial charge < -0.3 is 10.0 Å². The first-order valence-corrected chi connectivity index (χ1v) is 6.54. The lowest BCUT2D eigenvalue weighted by atomic mass is 10.1. The molecule has 4 heteroatoms. The fraction of sp³-hybridized carbons (Fsp3) is 0.467. The number of hydrogen-bond donors (Lipinski definition) is 1. The average Bonchev–Trinajstić information content (AvgIpc) is 2.79. The van der Waals surface area contributed by atoms with Crippen LogP contribution in [0.3, 0.4) is 0 Å². The predicted octanol–water partition coefficient (Wildman–Crippen LogP) is 2.11. The van der Waals surface area contributed by atoms with Crippen molar-refractivity contribution in [1.82, 2.24) is 4.90 Å². The number of carbonyl (C=O) groups is 2. The maximum Gasteiger partial charge on any atom is 0.335 e. The Morgan fingerprint density at radius 3 is 2.37 bits per heavy atom. The summed E-state index contributed by atoms with van der Waals surface area (Å²) in [6, 6.07) is 6.27. The smallest absolute Gasteiger partial charge is 0.335 e. The van der Waals surface area contributed by atoms with E-state index >= 15 is 0 Å². The Balaban J connectivity index is 1.75. The van der Waals surface area contributed by atoms with Crippen LogP contribution < -0.4 is 0 Å². The third-order valence-electron chi connectivity index (χ3n) is 4.77. The van der Waals surface area contributed by atoms with Crippen molar-refractivity contribution in [3.05, 3.63) is 35.4 Å². The van der Waals surface area contributed by atoms with Crippen molar-refractivity contribution < 1.29 is 14.7 Å². The number of benzene rings is 1. The molecule has 1 aliphatic carbocycles. The number of piperidine rings is 1. The van der Waals surface area contributed by atoms with Crippen LogP contribution in [0, 0.1) is 17.3 Å². The summed E-state index contributed by atoms with van der Waals surface area (Å²) in [5.74, 6) is 0.171. The summed E-state index contributed by atoms with van der Waals surface area (Å²) in [4.78, 5) is 25.1. The number of carbonyl (C=O) groups excluding carboxylic acids is 1. The molecular formula is C15H17NO3. The molecule has 1 aromatic rings. The molecule has 0 bridgehead atoms. The highest BCUT2D eigenvalue weighted by Gasteiger charge is 2.62. The van der Waals surface area contributed by atoms with Crippen LogP contribution in [0.4, 0.5) is 0 Å². The Morgan fingerprint density at radius 2 is 1.79 bits per heavy atom. The molecule has 1 N–H and O–H groups in total. The molecule has 19 heavy (non-hydrogen) atoms. The van der Waals surface area contributed by atoms with Gasteiger partial charge in [0.25, 0.3) is 5.91 Å². The Bertz CT molecular complexity index is 550. The van der Waals surface area contributed by atoms with Crippen LogP contribution in [0.25, 0.3) is 0 Å². The van der Waals surface area contributed by atoms with E-state index in [1.165, 1.54) is 12.1 Å². The topological polar surface area (TPSA) is 57.6 Å². The molecule has 4 nitrogen and oxygen atoms in total. The predicted molar refractivity (Wildman–Crippen MR) is 70.1 cm³/mol. The Morgan fingerprint density at radius 1 is 1.21 bits per heavy atom. The van der Waals surface area contributed by atoms with Crippen molar-refractivity contribution in [3.63, 3.8) is 0 Å². The average molecular weight is 259 g/mol. The van der Waals surface area contributed by atoms with Gasteiger partial charge in [0.2, 0.25) is 0 Å². The highest BCUT2D eigenvalue weighted by Crippen LogP contribution is 2.62. The second kappa shape index (κ2) is 3.83. The van der Waals surface area contributed by atoms with Gasteiger partial charge in [0.05, 0.1) is 5.56 Å². The molecule has 0 aromatic heterocycles. The second-order valence-electron chi connectivity index (χ2n) is 6.13. The van der Waals surface area contributed by atoms with E-state index in [0.29, 0.717) is 22.8 Å². The first-order valence-electron chi connectivity index (χ1n) is 6.54. The van der Waals surface area contributed by atoms with E-state index < -0.39 is 5.97 Å². The lowest BCUT2D eigenvalue weighted by molar-refractivity contribution is 0.0697. The molecule has 1 aromatic carbocycles. The van der Waals surface area contributed by atoms with Crippen molar-refractivity contribution in [2.45, 2.75) is 13.8 Å². The summed E-state index contributed by atoms with van der Waals surface area (Å²) in [5, 5.41) is 8.95. The number of carboxylic acid groups (broad SMARTS) is 1. The molecule has 1 aliphatic heterocycles. The zero-order valence-corrected chi connectivity index (χ0v) is 11.1. The van der Waals surface area contributed by atoms with Crippen LogP contribution in [0.15, 0.2) is 24.3 Å². The van der Waals surface area contributed by atoms with E-state index in [1.807, 2.05) is 4.90 Å². The standard InChI is InChI=1S/C15H17NO3/c1-15(2)11-7-16(8-12(11)15)13(17)9-4-3-5-10(6-9)14(18)19/h3-6,11-12H,7-8H2,1-2H3,(H,18,19)/t11-,12-/m0/s1. The minimum Gasteiger partial charge on any atom is -0.478 e. The largest absolute Gasteiger partial charge is 0.478 e. The number of rotatable bonds is 2. The number of likely N-dealkylation sites (tertiary alicyclic amines) is 1. The van der Waals surface area contributed by atoms with Crippen molar-refractivity contribution in [1.29, 1.82) is 0 Å². The molecule has 0 spiro atoms. The molecule has 3 rings (SSSR count). The molecule has 2 aliphatic rings. The van der Waals surface area contributed by atoms with E-state index in [0.717, 1.165) is 13.1 Å². The normalized spacial score (nSPS) is 26.9. The van der Waals surface area contributed by atoms with Crippen LogP contribution in [0.1, 0.15) is 34.6 Å². The van der Waals surface area contributed by atoms with E-state index in [4.69, 9.17) is 5.11 Å². The Hall–Kier alpha value is -1.84. The maximum atomic E-state index is 12.3. The van der Waals surface area contributed by atoms with Crippen LogP contribution in [-0.2, 0) is 0 Å². The van der Waals surface area contributed by atoms with Gasteiger partial charge in [-0.15, -0.1) is 0 Å². The molecule has 1 amide bonds. The third-order valence-corrected chi connectivity index (χ3v) is 4.77. The molecule has 1 heterocycles. The summed E-state index contributed by atoms with van der Waals surface area (Å²) in [5.41, 5.74) is 1.01. The molecule has 1 saturated heterocycles. The van der Waals surface area contributed by atoms with Gasteiger partial charge in [-0.2, -0.15) is 0 Å². The van der Waals surface area contributed by atoms with Crippen molar-refractivity contribution in [2.75, 3.05) is 13.1 Å². The fourth-order valence-corrected chi connectivity index (χ4v) is 3.27. The molecule has 2 atom stereocenters. The number of hydrogen-bond acceptors (Lipinski definition) is 2. The maximum absolute atomic E-state index is 12.3. The fourth-order valence-electron chi connectivity index (χ4n) is 3.27. The zero-order chi connectivity index (χ0) is 13.8. The first-order chi connectivity index (χ1) is 8.91. The van der Waals surface area contributed by atoms with Gasteiger partial charge >= 0.3 is 5.97 Å². The molecular weight excluding hydrogens is 242 g/mol. The van der Waals surface area contributed by atoms with Gasteiger partial charge in [-0.05, 0) is 35.4 Å². The second-order valence-corrected chi connectivity index (χ2v) is 6.13. The van der Waals surface area contributed by atoms with Crippen LogP contribution in [-0.4, -0.2) is 35.0 Å². The van der Waals surface area contributed by atoms with Crippen LogP contribution in [0.5, 0.6) is 0 Å². The molecule has 2 fully saturated rings. The van der Waals surface area contributed by atoms with E-state index in [1.54, 1.807) is 12.1 Å². The van der Waals surface area contributed by atoms with E-state index in [-0.39, 0.29) is 11.5 Å². The Labute approximate surface area is 112 Å². The lowest BCUT2D eigenvalue weighted by Gasteiger charge is -2.22. The van der Waals surface area contributed by atoms with Gasteiger partial charge in [-0.25, -0.2) is 4.79 Å². The van der Waals surface area contributed by atoms with Crippen molar-refractivity contribution >= 4 is 11.9 Å². The Kier molecular flexibility index (Phi) is 2.46. The molecule has 0 radical (unpaired) electrons. The van der Waals surface area contributed by atoms with Crippen molar-refractivity contribution in [3.8, 4) is 0 Å². The SMILES string of the molecule is CC1(C)[C@H]2CN(C(=O)c3cccc(C(=O)O)c3)C[C@@H]21. The number of amides is 1. The monoisotopic (exact) mass is 259 g/mol. The first kappa shape index (κ1) is 12.2. The van der Waals surface area contributed by atoms with Gasteiger partial charge in [-0.3, -0.25) is 4.79 Å². The van der Waals surface area contributed by atoms with Crippen LogP contribution >= 0.6 is 0 Å². The van der Waals surface area contributed by atoms with Crippen LogP contribution in [0.2, 0.25) is 0 Å². The molecule has 0 unspecified atom stereocenters. The quantitative estimate of drug-likeness (QED) is 0.885.